The van der Waals surface area contributed by atoms with Gasteiger partial charge in [0.2, 0.25) is 5.91 Å². The van der Waals surface area contributed by atoms with Crippen LogP contribution in [0.5, 0.6) is 5.75 Å². The molecule has 1 amide bonds. The summed E-state index contributed by atoms with van der Waals surface area (Å²) in [5.74, 6) is 0.807. The second kappa shape index (κ2) is 10.3. The van der Waals surface area contributed by atoms with Gasteiger partial charge in [-0.3, -0.25) is 9.59 Å². The molecule has 1 N–H and O–H groups in total. The number of halogens is 1. The van der Waals surface area contributed by atoms with Crippen LogP contribution in [0.3, 0.4) is 0 Å². The van der Waals surface area contributed by atoms with Crippen LogP contribution in [-0.2, 0) is 4.79 Å². The number of nitrogens with zero attached hydrogens (tertiary/aromatic N) is 1. The zero-order chi connectivity index (χ0) is 16.7. The van der Waals surface area contributed by atoms with E-state index in [1.54, 1.807) is 29.2 Å². The van der Waals surface area contributed by atoms with Gasteiger partial charge in [-0.25, -0.2) is 0 Å². The van der Waals surface area contributed by atoms with Gasteiger partial charge in [0, 0.05) is 38.0 Å². The number of rotatable bonds is 8. The first-order valence-corrected chi connectivity index (χ1v) is 8.34. The topological polar surface area (TPSA) is 58.6 Å². The predicted molar refractivity (Wildman–Crippen MR) is 97.1 cm³/mol. The van der Waals surface area contributed by atoms with Gasteiger partial charge in [0.15, 0.2) is 5.78 Å². The van der Waals surface area contributed by atoms with Crippen molar-refractivity contribution in [2.45, 2.75) is 38.6 Å². The van der Waals surface area contributed by atoms with Gasteiger partial charge in [0.25, 0.3) is 0 Å². The van der Waals surface area contributed by atoms with Gasteiger partial charge in [-0.2, -0.15) is 0 Å². The average Bonchev–Trinajstić information content (AvgIpc) is 3.11. The summed E-state index contributed by atoms with van der Waals surface area (Å²) in [5.41, 5.74) is 0.631. The van der Waals surface area contributed by atoms with Crippen molar-refractivity contribution in [1.29, 1.82) is 0 Å². The van der Waals surface area contributed by atoms with Gasteiger partial charge in [0.1, 0.15) is 5.75 Å². The zero-order valence-electron chi connectivity index (χ0n) is 14.4. The third-order valence-electron chi connectivity index (χ3n) is 4.19. The highest BCUT2D eigenvalue weighted by Gasteiger charge is 2.23. The lowest BCUT2D eigenvalue weighted by atomic mass is 10.1. The van der Waals surface area contributed by atoms with Crippen molar-refractivity contribution < 1.29 is 14.3 Å². The molecule has 1 aliphatic rings. The number of carbonyl (C=O) groups is 2. The summed E-state index contributed by atoms with van der Waals surface area (Å²) >= 11 is 0. The van der Waals surface area contributed by atoms with E-state index in [0.29, 0.717) is 12.2 Å². The minimum Gasteiger partial charge on any atom is -0.494 e. The van der Waals surface area contributed by atoms with E-state index in [1.807, 2.05) is 14.0 Å². The van der Waals surface area contributed by atoms with Crippen molar-refractivity contribution in [3.8, 4) is 5.75 Å². The molecule has 0 aromatic heterocycles. The fraction of sp³-hybridized carbons (Fsp3) is 0.556. The number of likely N-dealkylation sites (N-methyl/N-ethyl adjacent to an activating group) is 1. The highest BCUT2D eigenvalue weighted by molar-refractivity contribution is 5.98. The molecule has 1 aromatic carbocycles. The summed E-state index contributed by atoms with van der Waals surface area (Å²) in [4.78, 5) is 26.1. The van der Waals surface area contributed by atoms with Crippen LogP contribution < -0.4 is 10.1 Å². The molecule has 1 heterocycles. The van der Waals surface area contributed by atoms with E-state index in [2.05, 4.69) is 5.32 Å². The quantitative estimate of drug-likeness (QED) is 0.729. The summed E-state index contributed by atoms with van der Waals surface area (Å²) in [6, 6.07) is 7.40. The van der Waals surface area contributed by atoms with E-state index >= 15 is 0 Å². The van der Waals surface area contributed by atoms with Gasteiger partial charge >= 0.3 is 0 Å². The Bertz CT molecular complexity index is 528. The third-order valence-corrected chi connectivity index (χ3v) is 4.19. The molecule has 0 spiro atoms. The van der Waals surface area contributed by atoms with Gasteiger partial charge in [-0.05, 0) is 43.7 Å². The average molecular weight is 355 g/mol. The van der Waals surface area contributed by atoms with Crippen LogP contribution in [0.1, 0.15) is 43.0 Å². The molecule has 6 heteroatoms. The van der Waals surface area contributed by atoms with Crippen molar-refractivity contribution in [3.05, 3.63) is 29.8 Å². The highest BCUT2D eigenvalue weighted by atomic mass is 35.5. The number of amides is 1. The Morgan fingerprint density at radius 3 is 2.54 bits per heavy atom. The molecule has 0 saturated carbocycles. The molecule has 1 fully saturated rings. The van der Waals surface area contributed by atoms with E-state index in [1.165, 1.54) is 0 Å². The molecule has 1 atom stereocenters. The molecule has 2 rings (SSSR count). The number of hydrogen-bond acceptors (Lipinski definition) is 4. The highest BCUT2D eigenvalue weighted by Crippen LogP contribution is 2.15. The first-order chi connectivity index (χ1) is 11.1. The molecule has 1 unspecified atom stereocenters. The summed E-state index contributed by atoms with van der Waals surface area (Å²) in [6.07, 6.45) is 2.45. The minimum atomic E-state index is -0.00154. The van der Waals surface area contributed by atoms with E-state index in [-0.39, 0.29) is 43.0 Å². The predicted octanol–water partition coefficient (Wildman–Crippen LogP) is 2.68. The molecule has 24 heavy (non-hydrogen) atoms. The van der Waals surface area contributed by atoms with E-state index in [9.17, 15) is 9.59 Å². The Kier molecular flexibility index (Phi) is 8.79. The molecule has 1 aliphatic heterocycles. The number of Topliss-reactive ketones (excluding diaryl/α,β-unsaturated/α-hetero) is 1. The summed E-state index contributed by atoms with van der Waals surface area (Å²) in [5, 5.41) is 3.25. The lowest BCUT2D eigenvalue weighted by molar-refractivity contribution is -0.131. The number of benzene rings is 1. The first kappa shape index (κ1) is 20.5. The van der Waals surface area contributed by atoms with Crippen LogP contribution in [0.2, 0.25) is 0 Å². The SMILES string of the molecule is CCCOc1ccc(C(=O)CCC(=O)N(C)C2CCNC2)cc1.Cl. The number of hydrogen-bond donors (Lipinski definition) is 1. The standard InChI is InChI=1S/C18H26N2O3.ClH/c1-3-12-23-16-6-4-14(5-7-16)17(21)8-9-18(22)20(2)15-10-11-19-13-15;/h4-7,15,19H,3,8-13H2,1-2H3;1H. The fourth-order valence-electron chi connectivity index (χ4n) is 2.67. The zero-order valence-corrected chi connectivity index (χ0v) is 15.2. The molecule has 134 valence electrons. The van der Waals surface area contributed by atoms with Gasteiger partial charge < -0.3 is 15.0 Å². The van der Waals surface area contributed by atoms with Gasteiger partial charge in [-0.1, -0.05) is 6.92 Å². The monoisotopic (exact) mass is 354 g/mol. The summed E-state index contributed by atoms with van der Waals surface area (Å²) < 4.78 is 5.50. The van der Waals surface area contributed by atoms with Crippen LogP contribution in [0.4, 0.5) is 0 Å². The second-order valence-electron chi connectivity index (χ2n) is 5.95. The maximum absolute atomic E-state index is 12.2. The van der Waals surface area contributed by atoms with Crippen molar-refractivity contribution in [2.24, 2.45) is 0 Å². The molecular weight excluding hydrogens is 328 g/mol. The molecular formula is C18H27ClN2O3. The number of nitrogens with one attached hydrogen (secondary N) is 1. The largest absolute Gasteiger partial charge is 0.494 e. The molecule has 1 saturated heterocycles. The van der Waals surface area contributed by atoms with Crippen LogP contribution in [0, 0.1) is 0 Å². The van der Waals surface area contributed by atoms with E-state index in [4.69, 9.17) is 4.74 Å². The van der Waals surface area contributed by atoms with Gasteiger partial charge in [0.05, 0.1) is 6.61 Å². The Morgan fingerprint density at radius 1 is 1.25 bits per heavy atom. The van der Waals surface area contributed by atoms with Crippen molar-refractivity contribution in [1.82, 2.24) is 10.2 Å². The van der Waals surface area contributed by atoms with Crippen molar-refractivity contribution >= 4 is 24.1 Å². The Hall–Kier alpha value is -1.59. The third kappa shape index (κ3) is 5.80. The fourth-order valence-corrected chi connectivity index (χ4v) is 2.67. The first-order valence-electron chi connectivity index (χ1n) is 8.34. The number of ketones is 1. The normalized spacial score (nSPS) is 16.3. The lowest BCUT2D eigenvalue weighted by Crippen LogP contribution is -2.38. The molecule has 0 radical (unpaired) electrons. The molecule has 0 aliphatic carbocycles. The van der Waals surface area contributed by atoms with E-state index in [0.717, 1.165) is 31.7 Å². The lowest BCUT2D eigenvalue weighted by Gasteiger charge is -2.23. The minimum absolute atomic E-state index is 0. The van der Waals surface area contributed by atoms with Crippen LogP contribution in [-0.4, -0.2) is 49.4 Å². The maximum Gasteiger partial charge on any atom is 0.223 e. The molecule has 5 nitrogen and oxygen atoms in total. The number of ether oxygens (including phenoxy) is 1. The van der Waals surface area contributed by atoms with Crippen molar-refractivity contribution in [3.63, 3.8) is 0 Å². The van der Waals surface area contributed by atoms with E-state index < -0.39 is 0 Å². The van der Waals surface area contributed by atoms with Crippen LogP contribution in [0.15, 0.2) is 24.3 Å². The smallest absolute Gasteiger partial charge is 0.223 e. The maximum atomic E-state index is 12.2. The second-order valence-corrected chi connectivity index (χ2v) is 5.95. The molecule has 0 bridgehead atoms. The summed E-state index contributed by atoms with van der Waals surface area (Å²) in [7, 11) is 1.82. The Balaban J connectivity index is 0.00000288. The Labute approximate surface area is 150 Å². The van der Waals surface area contributed by atoms with Crippen LogP contribution >= 0.6 is 12.4 Å². The van der Waals surface area contributed by atoms with Crippen molar-refractivity contribution in [2.75, 3.05) is 26.7 Å². The van der Waals surface area contributed by atoms with Gasteiger partial charge in [-0.15, -0.1) is 12.4 Å². The number of carbonyl (C=O) groups excluding carboxylic acids is 2. The molecule has 1 aromatic rings. The summed E-state index contributed by atoms with van der Waals surface area (Å²) in [6.45, 7) is 4.51. The Morgan fingerprint density at radius 2 is 1.96 bits per heavy atom. The van der Waals surface area contributed by atoms with Crippen LogP contribution in [0.25, 0.3) is 0 Å².